The molecule has 0 aliphatic carbocycles. The first-order valence-corrected chi connectivity index (χ1v) is 8.73. The summed E-state index contributed by atoms with van der Waals surface area (Å²) in [5.41, 5.74) is 1.21. The Hall–Kier alpha value is -3.01. The Morgan fingerprint density at radius 3 is 2.59 bits per heavy atom. The van der Waals surface area contributed by atoms with Crippen LogP contribution in [0.2, 0.25) is 0 Å². The van der Waals surface area contributed by atoms with Crippen LogP contribution in [0.4, 0.5) is 0 Å². The molecule has 0 spiro atoms. The van der Waals surface area contributed by atoms with Crippen LogP contribution in [0.1, 0.15) is 37.3 Å². The highest BCUT2D eigenvalue weighted by Crippen LogP contribution is 2.42. The molecule has 4 unspecified atom stereocenters. The predicted molar refractivity (Wildman–Crippen MR) is 97.1 cm³/mol. The third kappa shape index (κ3) is 4.05. The molecule has 7 heteroatoms. The predicted octanol–water partition coefficient (Wildman–Crippen LogP) is 2.04. The maximum absolute atomic E-state index is 12.8. The van der Waals surface area contributed by atoms with Gasteiger partial charge >= 0.3 is 11.9 Å². The molecule has 27 heavy (non-hydrogen) atoms. The van der Waals surface area contributed by atoms with Crippen molar-refractivity contribution in [3.8, 4) is 6.07 Å². The summed E-state index contributed by atoms with van der Waals surface area (Å²) in [7, 11) is 1.22. The smallest absolute Gasteiger partial charge is 0.315 e. The molecule has 0 saturated heterocycles. The summed E-state index contributed by atoms with van der Waals surface area (Å²) in [5.74, 6) is -3.88. The Balaban J connectivity index is 2.67. The minimum atomic E-state index is -1.02. The van der Waals surface area contributed by atoms with Gasteiger partial charge in [-0.05, 0) is 25.0 Å². The van der Waals surface area contributed by atoms with Crippen molar-refractivity contribution in [1.82, 2.24) is 0 Å². The molecule has 4 atom stereocenters. The summed E-state index contributed by atoms with van der Waals surface area (Å²) in [4.78, 5) is 41.2. The topological polar surface area (TPSA) is 106 Å². The van der Waals surface area contributed by atoms with E-state index in [1.54, 1.807) is 31.2 Å². The summed E-state index contributed by atoms with van der Waals surface area (Å²) >= 11 is 0. The first kappa shape index (κ1) is 20.3. The van der Waals surface area contributed by atoms with Crippen LogP contribution in [0.25, 0.3) is 0 Å². The molecule has 1 aliphatic heterocycles. The molecule has 1 aromatic rings. The van der Waals surface area contributed by atoms with Gasteiger partial charge in [-0.1, -0.05) is 25.1 Å². The van der Waals surface area contributed by atoms with E-state index in [1.807, 2.05) is 6.92 Å². The number of hydrogen-bond acceptors (Lipinski definition) is 7. The van der Waals surface area contributed by atoms with Crippen LogP contribution in [0.5, 0.6) is 0 Å². The minimum absolute atomic E-state index is 0.231. The fourth-order valence-corrected chi connectivity index (χ4v) is 3.48. The van der Waals surface area contributed by atoms with Crippen LogP contribution in [-0.2, 0) is 23.9 Å². The number of nitrogens with zero attached hydrogens (tertiary/aromatic N) is 2. The number of carbonyl (C=O) groups is 3. The lowest BCUT2D eigenvalue weighted by molar-refractivity contribution is -0.152. The van der Waals surface area contributed by atoms with E-state index in [2.05, 4.69) is 11.1 Å². The van der Waals surface area contributed by atoms with Gasteiger partial charge in [-0.2, -0.15) is 5.26 Å². The number of carbonyl (C=O) groups excluding carboxylic acids is 3. The van der Waals surface area contributed by atoms with Crippen molar-refractivity contribution in [2.75, 3.05) is 13.7 Å². The van der Waals surface area contributed by atoms with Crippen LogP contribution >= 0.6 is 0 Å². The Morgan fingerprint density at radius 1 is 1.30 bits per heavy atom. The standard InChI is InChI=1S/C20H22N2O5/c1-4-9-27-20(25)16-12(2)22-15(11-23)18(19(24)26-3)17(16)14-8-6-5-7-13(14)10-21/h5-8,11,15-18H,4,9H2,1-3H3. The highest BCUT2D eigenvalue weighted by molar-refractivity contribution is 6.04. The Labute approximate surface area is 158 Å². The fourth-order valence-electron chi connectivity index (χ4n) is 3.48. The normalized spacial score (nSPS) is 24.3. The second-order valence-corrected chi connectivity index (χ2v) is 6.32. The van der Waals surface area contributed by atoms with Crippen molar-refractivity contribution in [3.05, 3.63) is 35.4 Å². The SMILES string of the molecule is CCCOC(=O)C1C(C)=NC(C=O)C(C(=O)OC)C1c1ccccc1C#N. The van der Waals surface area contributed by atoms with Gasteiger partial charge in [-0.3, -0.25) is 14.6 Å². The number of rotatable bonds is 6. The van der Waals surface area contributed by atoms with Gasteiger partial charge < -0.3 is 14.3 Å². The molecule has 7 nitrogen and oxygen atoms in total. The summed E-state index contributed by atoms with van der Waals surface area (Å²) in [6.45, 7) is 3.73. The van der Waals surface area contributed by atoms with Crippen LogP contribution in [-0.4, -0.2) is 43.7 Å². The minimum Gasteiger partial charge on any atom is -0.469 e. The Kier molecular flexibility index (Phi) is 6.83. The maximum atomic E-state index is 12.8. The van der Waals surface area contributed by atoms with Crippen molar-refractivity contribution < 1.29 is 23.9 Å². The van der Waals surface area contributed by atoms with Gasteiger partial charge in [-0.25, -0.2) is 0 Å². The van der Waals surface area contributed by atoms with Crippen molar-refractivity contribution in [2.45, 2.75) is 32.2 Å². The van der Waals surface area contributed by atoms with Gasteiger partial charge in [0.2, 0.25) is 0 Å². The van der Waals surface area contributed by atoms with Crippen LogP contribution in [0.15, 0.2) is 29.3 Å². The zero-order valence-corrected chi connectivity index (χ0v) is 15.5. The van der Waals surface area contributed by atoms with Crippen LogP contribution in [0.3, 0.4) is 0 Å². The number of benzene rings is 1. The number of hydrogen-bond donors (Lipinski definition) is 0. The maximum Gasteiger partial charge on any atom is 0.315 e. The molecule has 0 saturated carbocycles. The number of methoxy groups -OCH3 is 1. The van der Waals surface area contributed by atoms with E-state index in [9.17, 15) is 19.6 Å². The highest BCUT2D eigenvalue weighted by Gasteiger charge is 2.49. The number of esters is 2. The molecular weight excluding hydrogens is 348 g/mol. The lowest BCUT2D eigenvalue weighted by Gasteiger charge is -2.37. The lowest BCUT2D eigenvalue weighted by Crippen LogP contribution is -2.47. The van der Waals surface area contributed by atoms with E-state index >= 15 is 0 Å². The zero-order chi connectivity index (χ0) is 20.0. The number of aliphatic imine (C=N–C) groups is 1. The number of ether oxygens (including phenoxy) is 2. The number of nitriles is 1. The van der Waals surface area contributed by atoms with Gasteiger partial charge in [-0.15, -0.1) is 0 Å². The number of aldehydes is 1. The first-order chi connectivity index (χ1) is 13.0. The molecule has 2 rings (SSSR count). The van der Waals surface area contributed by atoms with Crippen LogP contribution < -0.4 is 0 Å². The molecule has 0 radical (unpaired) electrons. The molecule has 0 N–H and O–H groups in total. The second kappa shape index (κ2) is 9.08. The quantitative estimate of drug-likeness (QED) is 0.560. The monoisotopic (exact) mass is 370 g/mol. The van der Waals surface area contributed by atoms with Gasteiger partial charge in [0.15, 0.2) is 0 Å². The van der Waals surface area contributed by atoms with Crippen LogP contribution in [0, 0.1) is 23.2 Å². The Morgan fingerprint density at radius 2 is 2.00 bits per heavy atom. The summed E-state index contributed by atoms with van der Waals surface area (Å²) in [6.07, 6.45) is 1.21. The largest absolute Gasteiger partial charge is 0.469 e. The van der Waals surface area contributed by atoms with E-state index in [4.69, 9.17) is 9.47 Å². The third-order valence-corrected chi connectivity index (χ3v) is 4.67. The Bertz CT molecular complexity index is 796. The average molecular weight is 370 g/mol. The van der Waals surface area contributed by atoms with Gasteiger partial charge in [0.1, 0.15) is 18.2 Å². The van der Waals surface area contributed by atoms with Gasteiger partial charge in [0, 0.05) is 11.6 Å². The van der Waals surface area contributed by atoms with E-state index in [1.165, 1.54) is 7.11 Å². The van der Waals surface area contributed by atoms with E-state index in [-0.39, 0.29) is 6.61 Å². The molecule has 0 aromatic heterocycles. The summed E-state index contributed by atoms with van der Waals surface area (Å²) in [5, 5.41) is 9.50. The molecule has 1 heterocycles. The van der Waals surface area contributed by atoms with E-state index in [0.717, 1.165) is 0 Å². The van der Waals surface area contributed by atoms with Gasteiger partial charge in [0.05, 0.1) is 31.3 Å². The van der Waals surface area contributed by atoms with E-state index in [0.29, 0.717) is 29.5 Å². The van der Waals surface area contributed by atoms with Crippen molar-refractivity contribution in [3.63, 3.8) is 0 Å². The van der Waals surface area contributed by atoms with Gasteiger partial charge in [0.25, 0.3) is 0 Å². The molecule has 0 bridgehead atoms. The molecule has 0 fully saturated rings. The average Bonchev–Trinajstić information content (AvgIpc) is 2.70. The van der Waals surface area contributed by atoms with Crippen molar-refractivity contribution in [2.24, 2.45) is 16.8 Å². The molecule has 142 valence electrons. The molecule has 1 aromatic carbocycles. The van der Waals surface area contributed by atoms with E-state index < -0.39 is 35.7 Å². The van der Waals surface area contributed by atoms with Crippen molar-refractivity contribution >= 4 is 23.9 Å². The second-order valence-electron chi connectivity index (χ2n) is 6.32. The summed E-state index contributed by atoms with van der Waals surface area (Å²) in [6, 6.07) is 7.79. The third-order valence-electron chi connectivity index (χ3n) is 4.67. The lowest BCUT2D eigenvalue weighted by atomic mass is 9.69. The fraction of sp³-hybridized carbons (Fsp3) is 0.450. The summed E-state index contributed by atoms with van der Waals surface area (Å²) < 4.78 is 10.2. The van der Waals surface area contributed by atoms with Crippen molar-refractivity contribution in [1.29, 1.82) is 5.26 Å². The zero-order valence-electron chi connectivity index (χ0n) is 15.5. The molecular formula is C20H22N2O5. The highest BCUT2D eigenvalue weighted by atomic mass is 16.5. The molecule has 0 amide bonds. The first-order valence-electron chi connectivity index (χ1n) is 8.73. The molecule has 1 aliphatic rings.